The number of hydrogen-bond donors (Lipinski definition) is 0. The Morgan fingerprint density at radius 3 is 2.00 bits per heavy atom. The minimum Gasteiger partial charge on any atom is -0.497 e. The van der Waals surface area contributed by atoms with Crippen LogP contribution in [0.25, 0.3) is 0 Å². The molecule has 4 nitrogen and oxygen atoms in total. The first-order valence-corrected chi connectivity index (χ1v) is 10.9. The third-order valence-electron chi connectivity index (χ3n) is 3.50. The molecule has 0 spiro atoms. The van der Waals surface area contributed by atoms with Gasteiger partial charge in [0.15, 0.2) is 0 Å². The second-order valence-corrected chi connectivity index (χ2v) is 10.7. The van der Waals surface area contributed by atoms with Crippen molar-refractivity contribution in [1.29, 1.82) is 0 Å². The monoisotopic (exact) mass is 342 g/mol. The zero-order valence-corrected chi connectivity index (χ0v) is 15.2. The lowest BCUT2D eigenvalue weighted by Crippen LogP contribution is -2.31. The van der Waals surface area contributed by atoms with E-state index in [1.165, 1.54) is 7.11 Å². The maximum Gasteiger partial charge on any atom is 0.337 e. The Balaban J connectivity index is 1.96. The van der Waals surface area contributed by atoms with E-state index in [0.29, 0.717) is 23.3 Å². The van der Waals surface area contributed by atoms with E-state index in [9.17, 15) is 4.79 Å². The molecule has 5 heteroatoms. The van der Waals surface area contributed by atoms with Crippen LogP contribution in [0.5, 0.6) is 17.2 Å². The highest BCUT2D eigenvalue weighted by molar-refractivity contribution is 6.82. The van der Waals surface area contributed by atoms with Crippen LogP contribution in [0.15, 0.2) is 60.8 Å². The van der Waals surface area contributed by atoms with Gasteiger partial charge in [0, 0.05) is 0 Å². The van der Waals surface area contributed by atoms with Crippen LogP contribution in [0.3, 0.4) is 0 Å². The summed E-state index contributed by atoms with van der Waals surface area (Å²) in [5.41, 5.74) is 2.50. The second kappa shape index (κ2) is 7.83. The van der Waals surface area contributed by atoms with E-state index in [1.54, 1.807) is 24.3 Å². The molecule has 0 aliphatic carbocycles. The van der Waals surface area contributed by atoms with Gasteiger partial charge in [0.25, 0.3) is 0 Å². The van der Waals surface area contributed by atoms with Crippen LogP contribution in [0, 0.1) is 0 Å². The van der Waals surface area contributed by atoms with Gasteiger partial charge in [0.2, 0.25) is 0 Å². The van der Waals surface area contributed by atoms with Crippen LogP contribution >= 0.6 is 0 Å². The van der Waals surface area contributed by atoms with E-state index in [0.717, 1.165) is 5.75 Å². The second-order valence-electron chi connectivity index (χ2n) is 6.07. The Morgan fingerprint density at radius 1 is 1.00 bits per heavy atom. The van der Waals surface area contributed by atoms with Gasteiger partial charge in [-0.1, -0.05) is 18.8 Å². The molecule has 0 heterocycles. The fourth-order valence-corrected chi connectivity index (χ4v) is 2.50. The molecule has 126 valence electrons. The summed E-state index contributed by atoms with van der Waals surface area (Å²) in [4.78, 5) is 11.4. The average molecular weight is 342 g/mol. The van der Waals surface area contributed by atoms with Crippen molar-refractivity contribution in [3.8, 4) is 17.2 Å². The molecule has 0 unspecified atom stereocenters. The normalized spacial score (nSPS) is 10.8. The molecule has 0 amide bonds. The van der Waals surface area contributed by atoms with Crippen molar-refractivity contribution in [3.63, 3.8) is 0 Å². The average Bonchev–Trinajstić information content (AvgIpc) is 2.61. The standard InChI is InChI=1S/C19H22O4Si/c1-5-24(3,4)14-22-16-10-12-18(13-11-16)23-17-8-6-15(7-9-17)19(20)21-2/h5-13H,1,14H2,2-4H3. The summed E-state index contributed by atoms with van der Waals surface area (Å²) in [6.45, 7) is 8.27. The number of hydrogen-bond acceptors (Lipinski definition) is 4. The van der Waals surface area contributed by atoms with Gasteiger partial charge in [-0.25, -0.2) is 4.79 Å². The van der Waals surface area contributed by atoms with Crippen LogP contribution < -0.4 is 9.47 Å². The van der Waals surface area contributed by atoms with Gasteiger partial charge in [0.1, 0.15) is 25.3 Å². The summed E-state index contributed by atoms with van der Waals surface area (Å²) in [6, 6.07) is 14.3. The molecule has 0 fully saturated rings. The van der Waals surface area contributed by atoms with Crippen molar-refractivity contribution in [3.05, 3.63) is 66.4 Å². The molecule has 0 bridgehead atoms. The molecule has 0 aliphatic rings. The van der Waals surface area contributed by atoms with Crippen LogP contribution in [0.4, 0.5) is 0 Å². The largest absolute Gasteiger partial charge is 0.497 e. The lowest BCUT2D eigenvalue weighted by atomic mass is 10.2. The molecule has 24 heavy (non-hydrogen) atoms. The van der Waals surface area contributed by atoms with Crippen molar-refractivity contribution in [2.75, 3.05) is 13.3 Å². The van der Waals surface area contributed by atoms with Gasteiger partial charge < -0.3 is 14.2 Å². The molecule has 0 saturated heterocycles. The molecule has 2 aromatic rings. The van der Waals surface area contributed by atoms with E-state index in [1.807, 2.05) is 30.0 Å². The third kappa shape index (κ3) is 4.99. The minimum absolute atomic E-state index is 0.367. The molecule has 0 aromatic heterocycles. The molecule has 0 atom stereocenters. The van der Waals surface area contributed by atoms with Crippen molar-refractivity contribution < 1.29 is 19.0 Å². The quantitative estimate of drug-likeness (QED) is 0.544. The first-order valence-electron chi connectivity index (χ1n) is 7.66. The Morgan fingerprint density at radius 2 is 1.50 bits per heavy atom. The highest BCUT2D eigenvalue weighted by atomic mass is 28.3. The fraction of sp³-hybridized carbons (Fsp3) is 0.211. The summed E-state index contributed by atoms with van der Waals surface area (Å²) in [5.74, 6) is 1.80. The minimum atomic E-state index is -1.48. The number of benzene rings is 2. The van der Waals surface area contributed by atoms with Crippen LogP contribution in [-0.4, -0.2) is 27.4 Å². The summed E-state index contributed by atoms with van der Waals surface area (Å²) in [5, 5.41) is 0. The van der Waals surface area contributed by atoms with Gasteiger partial charge in [-0.05, 0) is 48.5 Å². The maximum absolute atomic E-state index is 11.4. The predicted molar refractivity (Wildman–Crippen MR) is 97.5 cm³/mol. The smallest absolute Gasteiger partial charge is 0.337 e. The SMILES string of the molecule is C=C[Si](C)(C)COc1ccc(Oc2ccc(C(=O)OC)cc2)cc1. The van der Waals surface area contributed by atoms with Gasteiger partial charge in [-0.2, -0.15) is 0 Å². The van der Waals surface area contributed by atoms with E-state index in [4.69, 9.17) is 9.47 Å². The van der Waals surface area contributed by atoms with Crippen molar-refractivity contribution in [1.82, 2.24) is 0 Å². The molecular formula is C19H22O4Si. The predicted octanol–water partition coefficient (Wildman–Crippen LogP) is 4.62. The van der Waals surface area contributed by atoms with Crippen molar-refractivity contribution in [2.24, 2.45) is 0 Å². The maximum atomic E-state index is 11.4. The van der Waals surface area contributed by atoms with Crippen LogP contribution in [-0.2, 0) is 4.74 Å². The Kier molecular flexibility index (Phi) is 5.81. The lowest BCUT2D eigenvalue weighted by Gasteiger charge is -2.17. The first-order chi connectivity index (χ1) is 11.4. The lowest BCUT2D eigenvalue weighted by molar-refractivity contribution is 0.0600. The number of ether oxygens (including phenoxy) is 3. The third-order valence-corrected chi connectivity index (χ3v) is 5.49. The summed E-state index contributed by atoms with van der Waals surface area (Å²) in [7, 11) is -0.124. The van der Waals surface area contributed by atoms with Gasteiger partial charge in [-0.15, -0.1) is 6.58 Å². The molecule has 2 rings (SSSR count). The summed E-state index contributed by atoms with van der Waals surface area (Å²) in [6.07, 6.45) is 0.700. The van der Waals surface area contributed by atoms with Crippen LogP contribution in [0.2, 0.25) is 13.1 Å². The van der Waals surface area contributed by atoms with Crippen molar-refractivity contribution in [2.45, 2.75) is 13.1 Å². The molecule has 0 aliphatic heterocycles. The van der Waals surface area contributed by atoms with Crippen LogP contribution in [0.1, 0.15) is 10.4 Å². The summed E-state index contributed by atoms with van der Waals surface area (Å²) < 4.78 is 16.2. The van der Waals surface area contributed by atoms with E-state index in [2.05, 4.69) is 24.4 Å². The highest BCUT2D eigenvalue weighted by Crippen LogP contribution is 2.24. The summed E-state index contributed by atoms with van der Waals surface area (Å²) >= 11 is 0. The van der Waals surface area contributed by atoms with E-state index >= 15 is 0 Å². The Labute approximate surface area is 143 Å². The molecule has 0 N–H and O–H groups in total. The van der Waals surface area contributed by atoms with Gasteiger partial charge in [-0.3, -0.25) is 0 Å². The van der Waals surface area contributed by atoms with Crippen molar-refractivity contribution >= 4 is 14.0 Å². The first kappa shape index (κ1) is 17.8. The van der Waals surface area contributed by atoms with E-state index in [-0.39, 0.29) is 5.97 Å². The molecule has 2 aromatic carbocycles. The molecule has 0 saturated carbocycles. The topological polar surface area (TPSA) is 44.8 Å². The number of esters is 1. The Hall–Kier alpha value is -2.53. The van der Waals surface area contributed by atoms with Gasteiger partial charge >= 0.3 is 5.97 Å². The highest BCUT2D eigenvalue weighted by Gasteiger charge is 2.17. The number of carbonyl (C=O) groups excluding carboxylic acids is 1. The number of rotatable bonds is 7. The fourth-order valence-electron chi connectivity index (χ4n) is 1.85. The van der Waals surface area contributed by atoms with Gasteiger partial charge in [0.05, 0.1) is 18.9 Å². The van der Waals surface area contributed by atoms with E-state index < -0.39 is 8.07 Å². The zero-order chi connectivity index (χ0) is 17.6. The zero-order valence-electron chi connectivity index (χ0n) is 14.2. The Bertz CT molecular complexity index is 690. The molecule has 0 radical (unpaired) electrons. The number of methoxy groups -OCH3 is 1. The number of carbonyl (C=O) groups is 1. The molecular weight excluding hydrogens is 320 g/mol.